The fourth-order valence-corrected chi connectivity index (χ4v) is 9.31. The van der Waals surface area contributed by atoms with Crippen molar-refractivity contribution in [2.24, 2.45) is 11.8 Å². The first-order valence-corrected chi connectivity index (χ1v) is 16.6. The SMILES string of the molecule is C[C@@H]1[C@@H]([Si](C)(C)F)[C@H](CCO)O[C@@]12C(=O)N(Cc1ccccc1)c1ccc(NC(=O)C3CCCNC3)cc12. The molecule has 9 heteroatoms. The van der Waals surface area contributed by atoms with E-state index >= 15 is 4.11 Å². The van der Waals surface area contributed by atoms with Crippen LogP contribution in [0.4, 0.5) is 15.5 Å². The third-order valence-electron chi connectivity index (χ3n) is 8.49. The number of benzene rings is 2. The molecule has 204 valence electrons. The normalized spacial score (nSPS) is 29.1. The van der Waals surface area contributed by atoms with Gasteiger partial charge in [-0.2, -0.15) is 0 Å². The molecule has 3 N–H and O–H groups in total. The molecule has 2 aromatic carbocycles. The Morgan fingerprint density at radius 3 is 2.68 bits per heavy atom. The summed E-state index contributed by atoms with van der Waals surface area (Å²) in [7, 11) is -3.27. The van der Waals surface area contributed by atoms with Gasteiger partial charge in [0.05, 0.1) is 24.3 Å². The second-order valence-electron chi connectivity index (χ2n) is 11.4. The molecule has 2 amide bonds. The van der Waals surface area contributed by atoms with Crippen LogP contribution >= 0.6 is 0 Å². The Hall–Kier alpha value is -2.59. The van der Waals surface area contributed by atoms with Crippen molar-refractivity contribution in [1.82, 2.24) is 5.32 Å². The number of fused-ring (bicyclic) bond motifs is 2. The molecule has 0 aliphatic carbocycles. The molecule has 2 aromatic rings. The minimum absolute atomic E-state index is 0.0506. The van der Waals surface area contributed by atoms with Gasteiger partial charge >= 0.3 is 0 Å². The third kappa shape index (κ3) is 4.70. The van der Waals surface area contributed by atoms with Gasteiger partial charge in [0.25, 0.3) is 5.91 Å². The Morgan fingerprint density at radius 2 is 2.03 bits per heavy atom. The zero-order valence-electron chi connectivity index (χ0n) is 22.4. The third-order valence-corrected chi connectivity index (χ3v) is 11.0. The second-order valence-corrected chi connectivity index (χ2v) is 15.2. The molecule has 1 unspecified atom stereocenters. The highest BCUT2D eigenvalue weighted by molar-refractivity contribution is 6.72. The number of aliphatic hydroxyl groups excluding tert-OH is 1. The molecule has 1 spiro atoms. The Bertz CT molecular complexity index is 1180. The van der Waals surface area contributed by atoms with E-state index < -0.39 is 31.6 Å². The maximum Gasteiger partial charge on any atom is 0.264 e. The quantitative estimate of drug-likeness (QED) is 0.360. The van der Waals surface area contributed by atoms with Crippen molar-refractivity contribution in [1.29, 1.82) is 0 Å². The molecule has 7 nitrogen and oxygen atoms in total. The number of halogens is 1. The number of carbonyl (C=O) groups is 2. The molecule has 3 aliphatic rings. The van der Waals surface area contributed by atoms with E-state index in [1.165, 1.54) is 0 Å². The van der Waals surface area contributed by atoms with Crippen LogP contribution in [-0.2, 0) is 26.5 Å². The number of nitrogens with one attached hydrogen (secondary N) is 2. The van der Waals surface area contributed by atoms with Gasteiger partial charge in [-0.25, -0.2) is 0 Å². The topological polar surface area (TPSA) is 90.9 Å². The number of hydrogen-bond donors (Lipinski definition) is 3. The summed E-state index contributed by atoms with van der Waals surface area (Å²) in [4.78, 5) is 29.1. The average molecular weight is 540 g/mol. The standard InChI is InChI=1S/C29H38FN3O4Si/c1-19-26(38(2,3)30)25(13-15-34)37-29(19)23-16-22(32-27(35)21-10-7-14-31-17-21)11-12-24(23)33(28(29)36)18-20-8-5-4-6-9-20/h4-6,8-9,11-12,16,19,21,25-26,31,34H,7,10,13-15,17-18H2,1-3H3,(H,32,35)/t19-,21?,25+,26-,29+/m1/s1. The minimum atomic E-state index is -3.27. The van der Waals surface area contributed by atoms with Crippen LogP contribution in [0.1, 0.15) is 37.3 Å². The fourth-order valence-electron chi connectivity index (χ4n) is 6.77. The fraction of sp³-hybridized carbons (Fsp3) is 0.517. The van der Waals surface area contributed by atoms with E-state index in [0.29, 0.717) is 30.0 Å². The van der Waals surface area contributed by atoms with Gasteiger partial charge < -0.3 is 29.5 Å². The van der Waals surface area contributed by atoms with Crippen LogP contribution in [0.5, 0.6) is 0 Å². The maximum absolute atomic E-state index is 15.7. The highest BCUT2D eigenvalue weighted by Gasteiger charge is 2.66. The highest BCUT2D eigenvalue weighted by atomic mass is 28.4. The van der Waals surface area contributed by atoms with Gasteiger partial charge in [-0.3, -0.25) is 9.59 Å². The summed E-state index contributed by atoms with van der Waals surface area (Å²) < 4.78 is 22.4. The highest BCUT2D eigenvalue weighted by Crippen LogP contribution is 2.60. The van der Waals surface area contributed by atoms with Crippen LogP contribution in [0, 0.1) is 11.8 Å². The minimum Gasteiger partial charge on any atom is -0.396 e. The number of ether oxygens (including phenoxy) is 1. The van der Waals surface area contributed by atoms with Crippen molar-refractivity contribution in [3.63, 3.8) is 0 Å². The second kappa shape index (κ2) is 10.5. The molecule has 0 saturated carbocycles. The monoisotopic (exact) mass is 539 g/mol. The Kier molecular flexibility index (Phi) is 7.47. The van der Waals surface area contributed by atoms with E-state index in [9.17, 15) is 14.7 Å². The zero-order chi connectivity index (χ0) is 27.1. The van der Waals surface area contributed by atoms with Crippen LogP contribution in [0.25, 0.3) is 0 Å². The lowest BCUT2D eigenvalue weighted by atomic mass is 9.82. The van der Waals surface area contributed by atoms with Crippen LogP contribution in [0.2, 0.25) is 18.6 Å². The van der Waals surface area contributed by atoms with Gasteiger partial charge in [-0.1, -0.05) is 37.3 Å². The molecule has 0 bridgehead atoms. The molecule has 0 aromatic heterocycles. The number of aliphatic hydroxyl groups is 1. The summed E-state index contributed by atoms with van der Waals surface area (Å²) in [6.45, 7) is 6.98. The van der Waals surface area contributed by atoms with Gasteiger partial charge in [-0.15, -0.1) is 0 Å². The molecule has 5 atom stereocenters. The van der Waals surface area contributed by atoms with Crippen molar-refractivity contribution in [2.45, 2.75) is 63.1 Å². The number of carbonyl (C=O) groups excluding carboxylic acids is 2. The molecular formula is C29H38FN3O4Si. The smallest absolute Gasteiger partial charge is 0.264 e. The average Bonchev–Trinajstić information content (AvgIpc) is 3.32. The van der Waals surface area contributed by atoms with Gasteiger partial charge in [0.15, 0.2) is 5.60 Å². The number of nitrogens with zero attached hydrogens (tertiary/aromatic N) is 1. The van der Waals surface area contributed by atoms with E-state index in [1.54, 1.807) is 18.0 Å². The van der Waals surface area contributed by atoms with Crippen molar-refractivity contribution in [3.8, 4) is 0 Å². The molecular weight excluding hydrogens is 501 g/mol. The molecule has 2 fully saturated rings. The summed E-state index contributed by atoms with van der Waals surface area (Å²) in [5.74, 6) is -0.815. The van der Waals surface area contributed by atoms with Gasteiger partial charge in [-0.05, 0) is 62.7 Å². The van der Waals surface area contributed by atoms with E-state index in [-0.39, 0.29) is 30.8 Å². The lowest BCUT2D eigenvalue weighted by Gasteiger charge is -2.31. The molecule has 3 aliphatic heterocycles. The predicted octanol–water partition coefficient (Wildman–Crippen LogP) is 4.33. The molecule has 0 radical (unpaired) electrons. The van der Waals surface area contributed by atoms with E-state index in [0.717, 1.165) is 24.9 Å². The largest absolute Gasteiger partial charge is 0.396 e. The number of amides is 2. The van der Waals surface area contributed by atoms with Crippen LogP contribution in [0.15, 0.2) is 48.5 Å². The Balaban J connectivity index is 1.56. The van der Waals surface area contributed by atoms with Gasteiger partial charge in [0, 0.05) is 35.9 Å². The summed E-state index contributed by atoms with van der Waals surface area (Å²) in [6.07, 6.45) is 1.49. The van der Waals surface area contributed by atoms with Crippen molar-refractivity contribution in [2.75, 3.05) is 29.9 Å². The first-order chi connectivity index (χ1) is 18.2. The maximum atomic E-state index is 15.7. The first-order valence-electron chi connectivity index (χ1n) is 13.7. The number of rotatable bonds is 7. The summed E-state index contributed by atoms with van der Waals surface area (Å²) in [5.41, 5.74) is 1.11. The van der Waals surface area contributed by atoms with E-state index in [4.69, 9.17) is 4.74 Å². The Labute approximate surface area is 224 Å². The predicted molar refractivity (Wildman–Crippen MR) is 148 cm³/mol. The lowest BCUT2D eigenvalue weighted by Crippen LogP contribution is -2.45. The number of piperidine rings is 1. The van der Waals surface area contributed by atoms with E-state index in [2.05, 4.69) is 10.6 Å². The van der Waals surface area contributed by atoms with Crippen molar-refractivity contribution < 1.29 is 23.5 Å². The van der Waals surface area contributed by atoms with Crippen LogP contribution < -0.4 is 15.5 Å². The number of hydrogen-bond acceptors (Lipinski definition) is 5. The Morgan fingerprint density at radius 1 is 1.26 bits per heavy atom. The molecule has 38 heavy (non-hydrogen) atoms. The lowest BCUT2D eigenvalue weighted by molar-refractivity contribution is -0.146. The summed E-state index contributed by atoms with van der Waals surface area (Å²) in [6, 6.07) is 15.3. The van der Waals surface area contributed by atoms with Crippen LogP contribution in [-0.4, -0.2) is 51.1 Å². The van der Waals surface area contributed by atoms with Gasteiger partial charge in [0.2, 0.25) is 14.3 Å². The van der Waals surface area contributed by atoms with E-state index in [1.807, 2.05) is 55.5 Å². The molecule has 3 heterocycles. The van der Waals surface area contributed by atoms with Crippen LogP contribution in [0.3, 0.4) is 0 Å². The summed E-state index contributed by atoms with van der Waals surface area (Å²) >= 11 is 0. The van der Waals surface area contributed by atoms with Crippen molar-refractivity contribution in [3.05, 3.63) is 59.7 Å². The number of anilines is 2. The zero-order valence-corrected chi connectivity index (χ0v) is 23.4. The van der Waals surface area contributed by atoms with Gasteiger partial charge in [0.1, 0.15) is 0 Å². The summed E-state index contributed by atoms with van der Waals surface area (Å²) in [5, 5.41) is 16.1. The molecule has 5 rings (SSSR count). The molecule has 2 saturated heterocycles. The van der Waals surface area contributed by atoms with Crippen molar-refractivity contribution >= 4 is 31.6 Å². The first kappa shape index (κ1) is 27.0.